The van der Waals surface area contributed by atoms with Crippen molar-refractivity contribution >= 4 is 16.9 Å². The van der Waals surface area contributed by atoms with Crippen molar-refractivity contribution in [3.05, 3.63) is 36.0 Å². The third kappa shape index (κ3) is 2.63. The predicted octanol–water partition coefficient (Wildman–Crippen LogP) is 2.33. The molecule has 0 radical (unpaired) electrons. The molecule has 0 amide bonds. The molecule has 2 rings (SSSR count). The number of carbonyl (C=O) groups is 1. The molecule has 4 nitrogen and oxygen atoms in total. The van der Waals surface area contributed by atoms with Gasteiger partial charge in [0.05, 0.1) is 19.1 Å². The van der Waals surface area contributed by atoms with E-state index in [1.54, 1.807) is 0 Å². The molecule has 0 spiro atoms. The molecule has 2 aromatic rings. The minimum Gasteiger partial charge on any atom is -0.469 e. The van der Waals surface area contributed by atoms with Crippen LogP contribution in [0.3, 0.4) is 0 Å². The predicted molar refractivity (Wildman–Crippen MR) is 73.7 cm³/mol. The molecule has 0 aliphatic rings. The van der Waals surface area contributed by atoms with Crippen LogP contribution in [-0.4, -0.2) is 22.8 Å². The third-order valence-corrected chi connectivity index (χ3v) is 3.32. The Hall–Kier alpha value is -1.81. The molecular formula is C15H19NO3. The van der Waals surface area contributed by atoms with Crippen molar-refractivity contribution in [2.45, 2.75) is 27.0 Å². The van der Waals surface area contributed by atoms with Gasteiger partial charge in [-0.25, -0.2) is 0 Å². The molecule has 1 N–H and O–H groups in total. The number of rotatable bonds is 4. The van der Waals surface area contributed by atoms with Crippen molar-refractivity contribution in [1.29, 1.82) is 0 Å². The molecule has 0 saturated heterocycles. The normalized spacial score (nSPS) is 11.8. The number of esters is 1. The van der Waals surface area contributed by atoms with Crippen molar-refractivity contribution in [2.24, 2.45) is 5.41 Å². The number of aromatic nitrogens is 1. The summed E-state index contributed by atoms with van der Waals surface area (Å²) in [6.07, 6.45) is 1.95. The van der Waals surface area contributed by atoms with Crippen molar-refractivity contribution in [1.82, 2.24) is 4.57 Å². The van der Waals surface area contributed by atoms with Gasteiger partial charge in [0.2, 0.25) is 0 Å². The SMILES string of the molecule is COC(=O)C(C)(C)Cn1ccc2cc(CO)ccc21. The van der Waals surface area contributed by atoms with Gasteiger partial charge in [-0.05, 0) is 43.0 Å². The minimum atomic E-state index is -0.573. The Bertz CT molecular complexity index is 598. The van der Waals surface area contributed by atoms with E-state index in [2.05, 4.69) is 0 Å². The average molecular weight is 261 g/mol. The van der Waals surface area contributed by atoms with Crippen LogP contribution in [0.5, 0.6) is 0 Å². The molecule has 0 aliphatic heterocycles. The van der Waals surface area contributed by atoms with Gasteiger partial charge in [0.15, 0.2) is 0 Å². The summed E-state index contributed by atoms with van der Waals surface area (Å²) < 4.78 is 6.86. The fraction of sp³-hybridized carbons (Fsp3) is 0.400. The van der Waals surface area contributed by atoms with Crippen molar-refractivity contribution in [3.63, 3.8) is 0 Å². The number of carbonyl (C=O) groups excluding carboxylic acids is 1. The highest BCUT2D eigenvalue weighted by Crippen LogP contribution is 2.25. The Labute approximate surface area is 112 Å². The lowest BCUT2D eigenvalue weighted by Crippen LogP contribution is -2.30. The average Bonchev–Trinajstić information content (AvgIpc) is 2.79. The van der Waals surface area contributed by atoms with Crippen molar-refractivity contribution < 1.29 is 14.6 Å². The second-order valence-corrected chi connectivity index (χ2v) is 5.37. The second-order valence-electron chi connectivity index (χ2n) is 5.37. The van der Waals surface area contributed by atoms with Crippen molar-refractivity contribution in [3.8, 4) is 0 Å². The van der Waals surface area contributed by atoms with Gasteiger partial charge in [0.1, 0.15) is 0 Å². The molecule has 4 heteroatoms. The van der Waals surface area contributed by atoms with E-state index in [9.17, 15) is 4.79 Å². The monoisotopic (exact) mass is 261 g/mol. The summed E-state index contributed by atoms with van der Waals surface area (Å²) in [5.74, 6) is -0.221. The Morgan fingerprint density at radius 3 is 2.74 bits per heavy atom. The number of aliphatic hydroxyl groups excluding tert-OH is 1. The van der Waals surface area contributed by atoms with E-state index < -0.39 is 5.41 Å². The van der Waals surface area contributed by atoms with Gasteiger partial charge in [0, 0.05) is 18.3 Å². The summed E-state index contributed by atoms with van der Waals surface area (Å²) in [6, 6.07) is 7.80. The summed E-state index contributed by atoms with van der Waals surface area (Å²) in [4.78, 5) is 11.7. The minimum absolute atomic E-state index is 0.0365. The maximum atomic E-state index is 11.7. The van der Waals surface area contributed by atoms with Gasteiger partial charge < -0.3 is 14.4 Å². The number of benzene rings is 1. The molecule has 0 saturated carbocycles. The van der Waals surface area contributed by atoms with Gasteiger partial charge in [0.25, 0.3) is 0 Å². The van der Waals surface area contributed by atoms with Gasteiger partial charge in [-0.3, -0.25) is 4.79 Å². The standard InChI is InChI=1S/C15H19NO3/c1-15(2,14(18)19-3)10-16-7-6-12-8-11(9-17)4-5-13(12)16/h4-8,17H,9-10H2,1-3H3. The van der Waals surface area contributed by atoms with Crippen LogP contribution < -0.4 is 0 Å². The molecular weight excluding hydrogens is 242 g/mol. The Morgan fingerprint density at radius 2 is 2.11 bits per heavy atom. The molecule has 0 aliphatic carbocycles. The van der Waals surface area contributed by atoms with E-state index in [4.69, 9.17) is 9.84 Å². The van der Waals surface area contributed by atoms with Crippen LogP contribution in [0.1, 0.15) is 19.4 Å². The number of nitrogens with zero attached hydrogens (tertiary/aromatic N) is 1. The molecule has 1 aromatic heterocycles. The molecule has 0 atom stereocenters. The summed E-state index contributed by atoms with van der Waals surface area (Å²) in [6.45, 7) is 4.33. The zero-order valence-corrected chi connectivity index (χ0v) is 11.5. The van der Waals surface area contributed by atoms with E-state index in [0.717, 1.165) is 16.5 Å². The van der Waals surface area contributed by atoms with Crippen LogP contribution >= 0.6 is 0 Å². The number of methoxy groups -OCH3 is 1. The first-order valence-electron chi connectivity index (χ1n) is 6.25. The summed E-state index contributed by atoms with van der Waals surface area (Å²) in [7, 11) is 1.41. The summed E-state index contributed by atoms with van der Waals surface area (Å²) >= 11 is 0. The molecule has 19 heavy (non-hydrogen) atoms. The van der Waals surface area contributed by atoms with Crippen LogP contribution in [0.2, 0.25) is 0 Å². The van der Waals surface area contributed by atoms with Crippen LogP contribution in [0, 0.1) is 5.41 Å². The highest BCUT2D eigenvalue weighted by molar-refractivity contribution is 5.81. The van der Waals surface area contributed by atoms with E-state index in [1.807, 2.05) is 48.9 Å². The van der Waals surface area contributed by atoms with E-state index in [0.29, 0.717) is 6.54 Å². The summed E-state index contributed by atoms with van der Waals surface area (Å²) in [5, 5.41) is 10.2. The number of hydrogen-bond donors (Lipinski definition) is 1. The van der Waals surface area contributed by atoms with Gasteiger partial charge in [-0.1, -0.05) is 6.07 Å². The number of aliphatic hydroxyl groups is 1. The molecule has 102 valence electrons. The summed E-state index contributed by atoms with van der Waals surface area (Å²) in [5.41, 5.74) is 1.36. The van der Waals surface area contributed by atoms with Crippen LogP contribution in [0.25, 0.3) is 10.9 Å². The quantitative estimate of drug-likeness (QED) is 0.859. The first kappa shape index (κ1) is 13.6. The lowest BCUT2D eigenvalue weighted by Gasteiger charge is -2.22. The Kier molecular flexibility index (Phi) is 3.62. The lowest BCUT2D eigenvalue weighted by atomic mass is 9.93. The van der Waals surface area contributed by atoms with Gasteiger partial charge in [-0.15, -0.1) is 0 Å². The van der Waals surface area contributed by atoms with E-state index in [1.165, 1.54) is 7.11 Å². The smallest absolute Gasteiger partial charge is 0.313 e. The fourth-order valence-electron chi connectivity index (χ4n) is 2.25. The van der Waals surface area contributed by atoms with E-state index >= 15 is 0 Å². The van der Waals surface area contributed by atoms with Crippen LogP contribution in [0.15, 0.2) is 30.5 Å². The van der Waals surface area contributed by atoms with Crippen LogP contribution in [0.4, 0.5) is 0 Å². The largest absolute Gasteiger partial charge is 0.469 e. The maximum Gasteiger partial charge on any atom is 0.313 e. The van der Waals surface area contributed by atoms with Crippen molar-refractivity contribution in [2.75, 3.05) is 7.11 Å². The molecule has 0 bridgehead atoms. The van der Waals surface area contributed by atoms with E-state index in [-0.39, 0.29) is 12.6 Å². The topological polar surface area (TPSA) is 51.5 Å². The number of fused-ring (bicyclic) bond motifs is 1. The molecule has 0 unspecified atom stereocenters. The highest BCUT2D eigenvalue weighted by Gasteiger charge is 2.29. The first-order valence-corrected chi connectivity index (χ1v) is 6.25. The zero-order chi connectivity index (χ0) is 14.0. The molecule has 0 fully saturated rings. The van der Waals surface area contributed by atoms with Crippen LogP contribution in [-0.2, 0) is 22.7 Å². The Morgan fingerprint density at radius 1 is 1.37 bits per heavy atom. The highest BCUT2D eigenvalue weighted by atomic mass is 16.5. The Balaban J connectivity index is 2.34. The van der Waals surface area contributed by atoms with Gasteiger partial charge >= 0.3 is 5.97 Å². The van der Waals surface area contributed by atoms with Gasteiger partial charge in [-0.2, -0.15) is 0 Å². The first-order chi connectivity index (χ1) is 8.97. The zero-order valence-electron chi connectivity index (χ0n) is 11.5. The number of hydrogen-bond acceptors (Lipinski definition) is 3. The number of ether oxygens (including phenoxy) is 1. The molecule has 1 aromatic carbocycles. The maximum absolute atomic E-state index is 11.7. The molecule has 1 heterocycles. The lowest BCUT2D eigenvalue weighted by molar-refractivity contribution is -0.151. The second kappa shape index (κ2) is 5.05. The fourth-order valence-corrected chi connectivity index (χ4v) is 2.25. The third-order valence-electron chi connectivity index (χ3n) is 3.32.